The van der Waals surface area contributed by atoms with Crippen molar-refractivity contribution >= 4 is 15.8 Å². The molecule has 1 fully saturated rings. The Hall–Kier alpha value is -1.68. The zero-order valence-corrected chi connectivity index (χ0v) is 20.9. The number of sulfone groups is 1. The third kappa shape index (κ3) is 10.9. The number of carboxylic acids is 1. The van der Waals surface area contributed by atoms with Gasteiger partial charge in [-0.3, -0.25) is 4.79 Å². The fraction of sp³-hybridized carbons (Fsp3) is 0.708. The molecule has 1 saturated heterocycles. The Balaban J connectivity index is 0.00000265. The molecular formula is C24H42N2O6S. The second-order valence-corrected chi connectivity index (χ2v) is 11.0. The molecule has 3 atom stereocenters. The van der Waals surface area contributed by atoms with E-state index in [0.717, 1.165) is 45.1 Å². The van der Waals surface area contributed by atoms with Crippen LogP contribution in [0, 0.1) is 0 Å². The fourth-order valence-electron chi connectivity index (χ4n) is 4.09. The Labute approximate surface area is 198 Å². The molecule has 1 aromatic carbocycles. The van der Waals surface area contributed by atoms with E-state index in [1.807, 2.05) is 6.92 Å². The van der Waals surface area contributed by atoms with E-state index in [1.165, 1.54) is 12.8 Å². The van der Waals surface area contributed by atoms with Crippen molar-refractivity contribution in [2.75, 3.05) is 12.3 Å². The fourth-order valence-corrected chi connectivity index (χ4v) is 5.73. The van der Waals surface area contributed by atoms with Crippen LogP contribution in [-0.4, -0.2) is 54.4 Å². The highest BCUT2D eigenvalue weighted by Crippen LogP contribution is 2.20. The van der Waals surface area contributed by atoms with Gasteiger partial charge in [0.2, 0.25) is 0 Å². The van der Waals surface area contributed by atoms with Crippen molar-refractivity contribution < 1.29 is 28.3 Å². The summed E-state index contributed by atoms with van der Waals surface area (Å²) < 4.78 is 31.3. The minimum atomic E-state index is -3.70. The van der Waals surface area contributed by atoms with Crippen LogP contribution in [0.1, 0.15) is 77.2 Å². The number of nitrogens with two attached hydrogens (primary N) is 1. The molecule has 5 N–H and O–H groups in total. The van der Waals surface area contributed by atoms with Crippen molar-refractivity contribution in [2.45, 2.75) is 95.5 Å². The monoisotopic (exact) mass is 486 g/mol. The lowest BCUT2D eigenvalue weighted by Gasteiger charge is -2.29. The van der Waals surface area contributed by atoms with Crippen molar-refractivity contribution in [1.29, 1.82) is 0 Å². The quantitative estimate of drug-likeness (QED) is 0.231. The van der Waals surface area contributed by atoms with Gasteiger partial charge in [-0.05, 0) is 56.8 Å². The standard InChI is InChI=1S/C24H39NO5S.H3NO/c1-3-4-5-6-7-10-17-31(28,29)23(24(26)27)18-20-12-14-21(15-13-20)30-19(2)22-11-8-9-16-25-22;1-2/h12-15,19,22-23,25H,3-11,16-18H2,1-2H3,(H,26,27);2H,1H2. The highest BCUT2D eigenvalue weighted by molar-refractivity contribution is 7.92. The summed E-state index contributed by atoms with van der Waals surface area (Å²) in [6, 6.07) is 7.47. The second-order valence-electron chi connectivity index (χ2n) is 8.69. The number of piperidine rings is 1. The van der Waals surface area contributed by atoms with E-state index in [-0.39, 0.29) is 18.3 Å². The van der Waals surface area contributed by atoms with Crippen LogP contribution in [0.25, 0.3) is 0 Å². The van der Waals surface area contributed by atoms with Gasteiger partial charge in [0, 0.05) is 6.04 Å². The molecule has 1 aromatic rings. The molecule has 0 amide bonds. The Kier molecular flexibility index (Phi) is 14.3. The van der Waals surface area contributed by atoms with E-state index < -0.39 is 21.1 Å². The molecule has 1 heterocycles. The number of unbranched alkanes of at least 4 members (excludes halogenated alkanes) is 5. The van der Waals surface area contributed by atoms with Gasteiger partial charge in [0.1, 0.15) is 11.9 Å². The van der Waals surface area contributed by atoms with Gasteiger partial charge in [-0.25, -0.2) is 14.3 Å². The number of aliphatic carboxylic acids is 1. The summed E-state index contributed by atoms with van der Waals surface area (Å²) in [5.41, 5.74) is 0.690. The summed E-state index contributed by atoms with van der Waals surface area (Å²) in [4.78, 5) is 11.7. The maximum Gasteiger partial charge on any atom is 0.322 e. The van der Waals surface area contributed by atoms with Crippen LogP contribution < -0.4 is 16.0 Å². The molecular weight excluding hydrogens is 444 g/mol. The van der Waals surface area contributed by atoms with E-state index in [1.54, 1.807) is 24.3 Å². The van der Waals surface area contributed by atoms with Gasteiger partial charge >= 0.3 is 5.97 Å². The summed E-state index contributed by atoms with van der Waals surface area (Å²) in [6.45, 7) is 5.20. The third-order valence-electron chi connectivity index (χ3n) is 6.07. The number of ether oxygens (including phenoxy) is 1. The van der Waals surface area contributed by atoms with Crippen molar-refractivity contribution in [3.8, 4) is 5.75 Å². The molecule has 3 unspecified atom stereocenters. The second kappa shape index (κ2) is 16.0. The number of benzene rings is 1. The number of hydrogen-bond donors (Lipinski definition) is 4. The summed E-state index contributed by atoms with van der Waals surface area (Å²) in [5, 5.41) is 18.1. The van der Waals surface area contributed by atoms with Crippen LogP contribution in [0.2, 0.25) is 0 Å². The van der Waals surface area contributed by atoms with Gasteiger partial charge in [0.05, 0.1) is 5.75 Å². The van der Waals surface area contributed by atoms with Crippen LogP contribution in [0.4, 0.5) is 0 Å². The van der Waals surface area contributed by atoms with Crippen LogP contribution in [0.3, 0.4) is 0 Å². The Morgan fingerprint density at radius 2 is 1.76 bits per heavy atom. The first-order valence-electron chi connectivity index (χ1n) is 12.0. The zero-order chi connectivity index (χ0) is 24.7. The van der Waals surface area contributed by atoms with Crippen LogP contribution in [0.5, 0.6) is 5.75 Å². The molecule has 0 bridgehead atoms. The SMILES string of the molecule is CCCCCCCCS(=O)(=O)C(Cc1ccc(OC(C)C2CCCCN2)cc1)C(=O)O.NO. The Morgan fingerprint density at radius 3 is 2.33 bits per heavy atom. The van der Waals surface area contributed by atoms with Gasteiger partial charge in [-0.2, -0.15) is 0 Å². The molecule has 190 valence electrons. The molecule has 1 aliphatic heterocycles. The number of hydrogen-bond acceptors (Lipinski definition) is 7. The molecule has 0 spiro atoms. The van der Waals surface area contributed by atoms with Gasteiger partial charge in [-0.15, -0.1) is 0 Å². The van der Waals surface area contributed by atoms with Gasteiger partial charge in [0.15, 0.2) is 15.1 Å². The lowest BCUT2D eigenvalue weighted by molar-refractivity contribution is -0.136. The first-order valence-corrected chi connectivity index (χ1v) is 13.7. The van der Waals surface area contributed by atoms with E-state index in [2.05, 4.69) is 18.1 Å². The molecule has 0 aliphatic carbocycles. The van der Waals surface area contributed by atoms with Crippen LogP contribution in [0.15, 0.2) is 24.3 Å². The molecule has 0 saturated carbocycles. The van der Waals surface area contributed by atoms with Gasteiger partial charge in [-0.1, -0.05) is 57.6 Å². The van der Waals surface area contributed by atoms with Gasteiger partial charge in [0.25, 0.3) is 0 Å². The zero-order valence-electron chi connectivity index (χ0n) is 20.0. The summed E-state index contributed by atoms with van der Waals surface area (Å²) >= 11 is 0. The first-order chi connectivity index (χ1) is 15.8. The molecule has 8 nitrogen and oxygen atoms in total. The topological polar surface area (TPSA) is 139 Å². The van der Waals surface area contributed by atoms with E-state index >= 15 is 0 Å². The highest BCUT2D eigenvalue weighted by atomic mass is 32.2. The molecule has 1 aliphatic rings. The average molecular weight is 487 g/mol. The van der Waals surface area contributed by atoms with E-state index in [9.17, 15) is 18.3 Å². The van der Waals surface area contributed by atoms with Crippen molar-refractivity contribution in [1.82, 2.24) is 5.32 Å². The maximum absolute atomic E-state index is 12.6. The lowest BCUT2D eigenvalue weighted by atomic mass is 10.0. The molecule has 9 heteroatoms. The predicted molar refractivity (Wildman–Crippen MR) is 130 cm³/mol. The minimum absolute atomic E-state index is 0.0203. The third-order valence-corrected chi connectivity index (χ3v) is 8.17. The summed E-state index contributed by atoms with van der Waals surface area (Å²) in [7, 11) is -3.70. The Morgan fingerprint density at radius 1 is 1.12 bits per heavy atom. The van der Waals surface area contributed by atoms with Crippen LogP contribution >= 0.6 is 0 Å². The number of carbonyl (C=O) groups is 1. The number of rotatable bonds is 14. The lowest BCUT2D eigenvalue weighted by Crippen LogP contribution is -2.44. The minimum Gasteiger partial charge on any atom is -0.489 e. The summed E-state index contributed by atoms with van der Waals surface area (Å²) in [5.74, 6) is 2.87. The van der Waals surface area contributed by atoms with Crippen molar-refractivity contribution in [3.05, 3.63) is 29.8 Å². The molecule has 0 radical (unpaired) electrons. The van der Waals surface area contributed by atoms with Gasteiger partial charge < -0.3 is 20.4 Å². The number of carboxylic acid groups (broad SMARTS) is 1. The van der Waals surface area contributed by atoms with Crippen molar-refractivity contribution in [2.24, 2.45) is 5.90 Å². The first kappa shape index (κ1) is 29.4. The normalized spacial score (nSPS) is 18.0. The van der Waals surface area contributed by atoms with Crippen LogP contribution in [-0.2, 0) is 21.1 Å². The predicted octanol–water partition coefficient (Wildman–Crippen LogP) is 3.70. The molecule has 2 rings (SSSR count). The summed E-state index contributed by atoms with van der Waals surface area (Å²) in [6.07, 6.45) is 9.25. The molecule has 0 aromatic heterocycles. The van der Waals surface area contributed by atoms with Crippen molar-refractivity contribution in [3.63, 3.8) is 0 Å². The largest absolute Gasteiger partial charge is 0.489 e. The average Bonchev–Trinajstić information content (AvgIpc) is 2.82. The molecule has 33 heavy (non-hydrogen) atoms. The number of nitrogens with one attached hydrogen (secondary N) is 1. The maximum atomic E-state index is 12.6. The highest BCUT2D eigenvalue weighted by Gasteiger charge is 2.32. The smallest absolute Gasteiger partial charge is 0.322 e. The van der Waals surface area contributed by atoms with E-state index in [0.29, 0.717) is 23.8 Å². The van der Waals surface area contributed by atoms with E-state index in [4.69, 9.17) is 9.94 Å². The Bertz CT molecular complexity index is 764.